The summed E-state index contributed by atoms with van der Waals surface area (Å²) in [4.78, 5) is 15.7. The predicted molar refractivity (Wildman–Crippen MR) is 118 cm³/mol. The first-order valence-electron chi connectivity index (χ1n) is 9.45. The van der Waals surface area contributed by atoms with Crippen molar-refractivity contribution >= 4 is 34.0 Å². The van der Waals surface area contributed by atoms with E-state index in [1.807, 2.05) is 55.4 Å². The summed E-state index contributed by atoms with van der Waals surface area (Å²) in [5.41, 5.74) is 3.68. The molecule has 0 radical (unpaired) electrons. The number of allylic oxidation sites excluding steroid dienone is 2. The number of benzene rings is 1. The van der Waals surface area contributed by atoms with Crippen LogP contribution in [0.15, 0.2) is 42.0 Å². The zero-order valence-corrected chi connectivity index (χ0v) is 17.3. The lowest BCUT2D eigenvalue weighted by molar-refractivity contribution is -0.112. The van der Waals surface area contributed by atoms with Crippen molar-refractivity contribution in [3.05, 3.63) is 63.6 Å². The van der Waals surface area contributed by atoms with Gasteiger partial charge in [0, 0.05) is 24.7 Å². The summed E-state index contributed by atoms with van der Waals surface area (Å²) >= 11 is 1.45. The summed E-state index contributed by atoms with van der Waals surface area (Å²) in [6.45, 7) is 0. The molecule has 2 aromatic rings. The maximum atomic E-state index is 12.5. The number of nitrogens with one attached hydrogen (secondary N) is 1. The second-order valence-electron chi connectivity index (χ2n) is 7.02. The van der Waals surface area contributed by atoms with Gasteiger partial charge < -0.3 is 10.2 Å². The van der Waals surface area contributed by atoms with E-state index in [0.717, 1.165) is 42.5 Å². The van der Waals surface area contributed by atoms with E-state index in [0.29, 0.717) is 10.6 Å². The molecule has 1 amide bonds. The largest absolute Gasteiger partial charge is 0.378 e. The van der Waals surface area contributed by atoms with Gasteiger partial charge in [0.05, 0.1) is 5.56 Å². The molecule has 6 heteroatoms. The molecule has 146 valence electrons. The molecular formula is C23H22N4OS. The van der Waals surface area contributed by atoms with E-state index in [4.69, 9.17) is 0 Å². The molecule has 1 aromatic carbocycles. The molecule has 1 N–H and O–H groups in total. The number of thiophene rings is 1. The summed E-state index contributed by atoms with van der Waals surface area (Å²) in [5, 5.41) is 22.2. The number of aryl methyl sites for hydroxylation is 1. The van der Waals surface area contributed by atoms with E-state index >= 15 is 0 Å². The Kier molecular flexibility index (Phi) is 6.49. The lowest BCUT2D eigenvalue weighted by Crippen LogP contribution is -2.13. The van der Waals surface area contributed by atoms with Gasteiger partial charge in [-0.25, -0.2) is 0 Å². The number of fused-ring (bicyclic) bond motifs is 1. The van der Waals surface area contributed by atoms with E-state index in [2.05, 4.69) is 11.4 Å². The molecule has 0 saturated heterocycles. The molecule has 29 heavy (non-hydrogen) atoms. The lowest BCUT2D eigenvalue weighted by Gasteiger charge is -2.11. The van der Waals surface area contributed by atoms with Gasteiger partial charge in [-0.3, -0.25) is 4.79 Å². The zero-order valence-electron chi connectivity index (χ0n) is 16.5. The molecule has 3 rings (SSSR count). The fraction of sp³-hybridized carbons (Fsp3) is 0.261. The zero-order chi connectivity index (χ0) is 20.8. The van der Waals surface area contributed by atoms with Crippen molar-refractivity contribution in [2.45, 2.75) is 25.7 Å². The third kappa shape index (κ3) is 4.74. The van der Waals surface area contributed by atoms with Gasteiger partial charge in [-0.15, -0.1) is 11.3 Å². The van der Waals surface area contributed by atoms with Crippen molar-refractivity contribution in [2.24, 2.45) is 0 Å². The van der Waals surface area contributed by atoms with E-state index in [1.165, 1.54) is 22.3 Å². The van der Waals surface area contributed by atoms with Crippen molar-refractivity contribution < 1.29 is 4.79 Å². The van der Waals surface area contributed by atoms with Crippen LogP contribution >= 0.6 is 11.3 Å². The Morgan fingerprint density at radius 1 is 1.17 bits per heavy atom. The quantitative estimate of drug-likeness (QED) is 0.448. The minimum Gasteiger partial charge on any atom is -0.378 e. The normalized spacial score (nSPS) is 13.4. The molecule has 0 bridgehead atoms. The highest BCUT2D eigenvalue weighted by Gasteiger charge is 2.22. The summed E-state index contributed by atoms with van der Waals surface area (Å²) in [6, 6.07) is 12.1. The van der Waals surface area contributed by atoms with Crippen LogP contribution in [-0.4, -0.2) is 20.0 Å². The van der Waals surface area contributed by atoms with E-state index in [9.17, 15) is 15.3 Å². The first kappa shape index (κ1) is 20.4. The maximum Gasteiger partial charge on any atom is 0.266 e. The highest BCUT2D eigenvalue weighted by molar-refractivity contribution is 7.16. The predicted octanol–water partition coefficient (Wildman–Crippen LogP) is 4.67. The van der Waals surface area contributed by atoms with Crippen LogP contribution in [0.4, 0.5) is 10.7 Å². The minimum absolute atomic E-state index is 0.00132. The summed E-state index contributed by atoms with van der Waals surface area (Å²) in [6.07, 6.45) is 9.02. The van der Waals surface area contributed by atoms with E-state index < -0.39 is 5.91 Å². The highest BCUT2D eigenvalue weighted by Crippen LogP contribution is 2.37. The Morgan fingerprint density at radius 2 is 1.90 bits per heavy atom. The van der Waals surface area contributed by atoms with Gasteiger partial charge in [0.1, 0.15) is 22.7 Å². The smallest absolute Gasteiger partial charge is 0.266 e. The molecule has 1 aromatic heterocycles. The first-order valence-corrected chi connectivity index (χ1v) is 10.3. The molecular weight excluding hydrogens is 380 g/mol. The van der Waals surface area contributed by atoms with Gasteiger partial charge >= 0.3 is 0 Å². The third-order valence-corrected chi connectivity index (χ3v) is 6.04. The third-order valence-electron chi connectivity index (χ3n) is 4.84. The Balaban J connectivity index is 1.73. The second kappa shape index (κ2) is 9.23. The fourth-order valence-electron chi connectivity index (χ4n) is 3.25. The Bertz CT molecular complexity index is 1050. The molecule has 1 heterocycles. The highest BCUT2D eigenvalue weighted by atomic mass is 32.1. The number of hydrogen-bond donors (Lipinski definition) is 1. The number of carbonyl (C=O) groups is 1. The van der Waals surface area contributed by atoms with Crippen LogP contribution in [0.2, 0.25) is 0 Å². The topological polar surface area (TPSA) is 79.9 Å². The lowest BCUT2D eigenvalue weighted by atomic mass is 9.96. The van der Waals surface area contributed by atoms with Crippen molar-refractivity contribution in [1.29, 1.82) is 10.5 Å². The van der Waals surface area contributed by atoms with Gasteiger partial charge in [0.25, 0.3) is 5.91 Å². The van der Waals surface area contributed by atoms with Crippen LogP contribution in [0, 0.1) is 22.7 Å². The molecule has 0 unspecified atom stereocenters. The monoisotopic (exact) mass is 402 g/mol. The van der Waals surface area contributed by atoms with Crippen LogP contribution in [-0.2, 0) is 17.6 Å². The molecule has 0 saturated carbocycles. The number of nitriles is 2. The summed E-state index contributed by atoms with van der Waals surface area (Å²) in [7, 11) is 3.96. The molecule has 1 aliphatic rings. The average molecular weight is 403 g/mol. The molecule has 1 aliphatic carbocycles. The minimum atomic E-state index is -0.491. The maximum absolute atomic E-state index is 12.5. The SMILES string of the molecule is CN(C)c1ccc(/C=C/C=C(\C#N)C(=O)Nc2sc3c(c2C#N)CCCC3)cc1. The molecule has 0 aliphatic heterocycles. The Morgan fingerprint density at radius 3 is 2.55 bits per heavy atom. The van der Waals surface area contributed by atoms with Crippen LogP contribution in [0.25, 0.3) is 6.08 Å². The van der Waals surface area contributed by atoms with Crippen molar-refractivity contribution in [3.63, 3.8) is 0 Å². The Labute approximate surface area is 175 Å². The Hall–Kier alpha value is -3.35. The van der Waals surface area contributed by atoms with Crippen molar-refractivity contribution in [1.82, 2.24) is 0 Å². The molecule has 0 spiro atoms. The van der Waals surface area contributed by atoms with Crippen molar-refractivity contribution in [3.8, 4) is 12.1 Å². The number of nitrogens with zero attached hydrogens (tertiary/aromatic N) is 3. The van der Waals surface area contributed by atoms with Gasteiger partial charge in [-0.2, -0.15) is 10.5 Å². The van der Waals surface area contributed by atoms with Crippen LogP contribution in [0.3, 0.4) is 0 Å². The first-order chi connectivity index (χ1) is 14.0. The van der Waals surface area contributed by atoms with E-state index in [-0.39, 0.29) is 5.57 Å². The van der Waals surface area contributed by atoms with Crippen LogP contribution in [0.1, 0.15) is 34.4 Å². The molecule has 5 nitrogen and oxygen atoms in total. The van der Waals surface area contributed by atoms with Gasteiger partial charge in [0.15, 0.2) is 0 Å². The summed E-state index contributed by atoms with van der Waals surface area (Å²) < 4.78 is 0. The average Bonchev–Trinajstić information content (AvgIpc) is 3.08. The summed E-state index contributed by atoms with van der Waals surface area (Å²) in [5.74, 6) is -0.491. The number of anilines is 2. The number of amides is 1. The number of rotatable bonds is 5. The van der Waals surface area contributed by atoms with E-state index in [1.54, 1.807) is 6.08 Å². The molecule has 0 atom stereocenters. The standard InChI is InChI=1S/C23H22N4OS/c1-27(2)18-12-10-16(11-13-18)6-5-7-17(14-24)22(28)26-23-20(15-25)19-8-3-4-9-21(19)29-23/h5-7,10-13H,3-4,8-9H2,1-2H3,(H,26,28)/b6-5+,17-7+. The molecule has 0 fully saturated rings. The second-order valence-corrected chi connectivity index (χ2v) is 8.12. The van der Waals surface area contributed by atoms with Crippen LogP contribution in [0.5, 0.6) is 0 Å². The number of carbonyl (C=O) groups excluding carboxylic acids is 1. The van der Waals surface area contributed by atoms with Gasteiger partial charge in [0.2, 0.25) is 0 Å². The van der Waals surface area contributed by atoms with Crippen LogP contribution < -0.4 is 10.2 Å². The fourth-order valence-corrected chi connectivity index (χ4v) is 4.48. The van der Waals surface area contributed by atoms with Gasteiger partial charge in [-0.1, -0.05) is 24.3 Å². The number of hydrogen-bond acceptors (Lipinski definition) is 5. The van der Waals surface area contributed by atoms with Gasteiger partial charge in [-0.05, 0) is 55.0 Å². The van der Waals surface area contributed by atoms with Crippen molar-refractivity contribution in [2.75, 3.05) is 24.3 Å².